The Bertz CT molecular complexity index is 533. The van der Waals surface area contributed by atoms with E-state index in [-0.39, 0.29) is 17.1 Å². The van der Waals surface area contributed by atoms with Crippen molar-refractivity contribution in [2.24, 2.45) is 0 Å². The summed E-state index contributed by atoms with van der Waals surface area (Å²) < 4.78 is 13.7. The molecule has 0 atom stereocenters. The lowest BCUT2D eigenvalue weighted by atomic mass is 9.96. The van der Waals surface area contributed by atoms with Gasteiger partial charge in [-0.2, -0.15) is 0 Å². The number of phenols is 2. The molecular formula is C14H13FO2. The molecule has 2 rings (SSSR count). The minimum atomic E-state index is -0.549. The molecule has 0 fully saturated rings. The summed E-state index contributed by atoms with van der Waals surface area (Å²) in [4.78, 5) is 0. The van der Waals surface area contributed by atoms with E-state index in [1.54, 1.807) is 13.0 Å². The van der Waals surface area contributed by atoms with Crippen LogP contribution in [0.4, 0.5) is 4.39 Å². The number of phenolic OH excluding ortho intramolecular Hbond substituents is 2. The second-order valence-corrected chi connectivity index (χ2v) is 4.11. The molecule has 2 aromatic rings. The molecule has 2 aromatic carbocycles. The third-order valence-electron chi connectivity index (χ3n) is 2.70. The number of halogens is 1. The topological polar surface area (TPSA) is 40.5 Å². The maximum atomic E-state index is 13.7. The summed E-state index contributed by atoms with van der Waals surface area (Å²) in [7, 11) is 0. The molecule has 0 spiro atoms. The van der Waals surface area contributed by atoms with Crippen LogP contribution in [-0.2, 0) is 0 Å². The first-order chi connectivity index (χ1) is 8.00. The van der Waals surface area contributed by atoms with Crippen molar-refractivity contribution in [1.82, 2.24) is 0 Å². The van der Waals surface area contributed by atoms with E-state index in [1.165, 1.54) is 18.2 Å². The predicted octanol–water partition coefficient (Wildman–Crippen LogP) is 3.52. The van der Waals surface area contributed by atoms with Crippen LogP contribution >= 0.6 is 0 Å². The summed E-state index contributed by atoms with van der Waals surface area (Å²) in [6, 6.07) is 7.47. The Kier molecular flexibility index (Phi) is 2.76. The third kappa shape index (κ3) is 1.96. The highest BCUT2D eigenvalue weighted by molar-refractivity contribution is 5.78. The Morgan fingerprint density at radius 2 is 1.65 bits per heavy atom. The molecule has 0 aliphatic rings. The average Bonchev–Trinajstić information content (AvgIpc) is 2.21. The van der Waals surface area contributed by atoms with Gasteiger partial charge in [-0.1, -0.05) is 12.1 Å². The molecule has 2 nitrogen and oxygen atoms in total. The maximum Gasteiger partial charge on any atom is 0.134 e. The first-order valence-corrected chi connectivity index (χ1v) is 5.28. The van der Waals surface area contributed by atoms with E-state index in [0.717, 1.165) is 11.1 Å². The molecule has 0 saturated heterocycles. The van der Waals surface area contributed by atoms with Crippen LogP contribution in [0.25, 0.3) is 11.1 Å². The Morgan fingerprint density at radius 1 is 0.941 bits per heavy atom. The van der Waals surface area contributed by atoms with Crippen LogP contribution in [0.1, 0.15) is 11.1 Å². The van der Waals surface area contributed by atoms with Gasteiger partial charge < -0.3 is 10.2 Å². The van der Waals surface area contributed by atoms with Gasteiger partial charge in [0.25, 0.3) is 0 Å². The van der Waals surface area contributed by atoms with Gasteiger partial charge in [0.15, 0.2) is 0 Å². The van der Waals surface area contributed by atoms with E-state index < -0.39 is 5.82 Å². The van der Waals surface area contributed by atoms with Gasteiger partial charge in [0, 0.05) is 5.56 Å². The SMILES string of the molecule is Cc1cc(C)c(-c2c(O)cccc2F)c(O)c1. The van der Waals surface area contributed by atoms with Crippen molar-refractivity contribution >= 4 is 0 Å². The minimum Gasteiger partial charge on any atom is -0.507 e. The fraction of sp³-hybridized carbons (Fsp3) is 0.143. The van der Waals surface area contributed by atoms with E-state index in [4.69, 9.17) is 0 Å². The summed E-state index contributed by atoms with van der Waals surface area (Å²) in [6.45, 7) is 3.62. The zero-order valence-corrected chi connectivity index (χ0v) is 9.66. The molecule has 3 heteroatoms. The van der Waals surface area contributed by atoms with E-state index in [9.17, 15) is 14.6 Å². The van der Waals surface area contributed by atoms with Gasteiger partial charge in [-0.3, -0.25) is 0 Å². The number of benzene rings is 2. The van der Waals surface area contributed by atoms with Crippen molar-refractivity contribution in [2.75, 3.05) is 0 Å². The molecule has 0 bridgehead atoms. The van der Waals surface area contributed by atoms with Crippen LogP contribution in [-0.4, -0.2) is 10.2 Å². The molecule has 0 aliphatic carbocycles. The first kappa shape index (κ1) is 11.5. The number of hydrogen-bond acceptors (Lipinski definition) is 2. The standard InChI is InChI=1S/C14H13FO2/c1-8-6-9(2)13(12(17)7-8)14-10(15)4-3-5-11(14)16/h3-7,16-17H,1-2H3. The predicted molar refractivity (Wildman–Crippen MR) is 64.6 cm³/mol. The average molecular weight is 232 g/mol. The largest absolute Gasteiger partial charge is 0.507 e. The van der Waals surface area contributed by atoms with Crippen molar-refractivity contribution in [3.63, 3.8) is 0 Å². The molecule has 0 radical (unpaired) electrons. The number of aromatic hydroxyl groups is 2. The lowest BCUT2D eigenvalue weighted by Crippen LogP contribution is -1.90. The van der Waals surface area contributed by atoms with Crippen LogP contribution in [0.3, 0.4) is 0 Å². The highest BCUT2D eigenvalue weighted by Crippen LogP contribution is 2.39. The summed E-state index contributed by atoms with van der Waals surface area (Å²) in [5.74, 6) is -0.748. The first-order valence-electron chi connectivity index (χ1n) is 5.28. The Morgan fingerprint density at radius 3 is 2.24 bits per heavy atom. The van der Waals surface area contributed by atoms with Crippen LogP contribution < -0.4 is 0 Å². The van der Waals surface area contributed by atoms with Gasteiger partial charge in [0.1, 0.15) is 17.3 Å². The normalized spacial score (nSPS) is 10.5. The summed E-state index contributed by atoms with van der Waals surface area (Å²) in [6.07, 6.45) is 0. The highest BCUT2D eigenvalue weighted by Gasteiger charge is 2.16. The zero-order valence-electron chi connectivity index (χ0n) is 9.66. The second-order valence-electron chi connectivity index (χ2n) is 4.11. The molecule has 0 saturated carbocycles. The van der Waals surface area contributed by atoms with E-state index in [0.29, 0.717) is 5.56 Å². The third-order valence-corrected chi connectivity index (χ3v) is 2.70. The second kappa shape index (κ2) is 4.09. The highest BCUT2D eigenvalue weighted by atomic mass is 19.1. The van der Waals surface area contributed by atoms with Gasteiger partial charge in [-0.25, -0.2) is 4.39 Å². The van der Waals surface area contributed by atoms with E-state index >= 15 is 0 Å². The van der Waals surface area contributed by atoms with Crippen molar-refractivity contribution in [3.8, 4) is 22.6 Å². The molecule has 0 aromatic heterocycles. The van der Waals surface area contributed by atoms with Crippen molar-refractivity contribution in [1.29, 1.82) is 0 Å². The van der Waals surface area contributed by atoms with Gasteiger partial charge >= 0.3 is 0 Å². The van der Waals surface area contributed by atoms with E-state index in [1.807, 2.05) is 13.0 Å². The molecule has 17 heavy (non-hydrogen) atoms. The van der Waals surface area contributed by atoms with Crippen molar-refractivity contribution < 1.29 is 14.6 Å². The lowest BCUT2D eigenvalue weighted by molar-refractivity contribution is 0.464. The van der Waals surface area contributed by atoms with Crippen molar-refractivity contribution in [3.05, 3.63) is 47.3 Å². The fourth-order valence-electron chi connectivity index (χ4n) is 2.03. The molecule has 0 aliphatic heterocycles. The molecule has 88 valence electrons. The summed E-state index contributed by atoms with van der Waals surface area (Å²) in [5, 5.41) is 19.6. The monoisotopic (exact) mass is 232 g/mol. The molecule has 2 N–H and O–H groups in total. The zero-order chi connectivity index (χ0) is 12.6. The lowest BCUT2D eigenvalue weighted by Gasteiger charge is -2.12. The maximum absolute atomic E-state index is 13.7. The van der Waals surface area contributed by atoms with Crippen LogP contribution in [0.2, 0.25) is 0 Å². The number of aryl methyl sites for hydroxylation is 2. The quantitative estimate of drug-likeness (QED) is 0.789. The van der Waals surface area contributed by atoms with Crippen molar-refractivity contribution in [2.45, 2.75) is 13.8 Å². The van der Waals surface area contributed by atoms with E-state index in [2.05, 4.69) is 0 Å². The number of rotatable bonds is 1. The fourth-order valence-corrected chi connectivity index (χ4v) is 2.03. The molecule has 0 unspecified atom stereocenters. The minimum absolute atomic E-state index is 0.0251. The van der Waals surface area contributed by atoms with Crippen LogP contribution in [0, 0.1) is 19.7 Å². The Hall–Kier alpha value is -2.03. The summed E-state index contributed by atoms with van der Waals surface area (Å²) >= 11 is 0. The Balaban J connectivity index is 2.77. The smallest absolute Gasteiger partial charge is 0.134 e. The van der Waals surface area contributed by atoms with Crippen LogP contribution in [0.15, 0.2) is 30.3 Å². The Labute approximate surface area is 99.0 Å². The van der Waals surface area contributed by atoms with Gasteiger partial charge in [0.05, 0.1) is 5.56 Å². The molecular weight excluding hydrogens is 219 g/mol. The van der Waals surface area contributed by atoms with Gasteiger partial charge in [-0.15, -0.1) is 0 Å². The van der Waals surface area contributed by atoms with Gasteiger partial charge in [0.2, 0.25) is 0 Å². The molecule has 0 heterocycles. The van der Waals surface area contributed by atoms with Crippen LogP contribution in [0.5, 0.6) is 11.5 Å². The molecule has 0 amide bonds. The number of hydrogen-bond donors (Lipinski definition) is 2. The summed E-state index contributed by atoms with van der Waals surface area (Å²) in [5.41, 5.74) is 2.00. The van der Waals surface area contributed by atoms with Gasteiger partial charge in [-0.05, 0) is 43.2 Å².